The number of hydrogen-bond acceptors (Lipinski definition) is 8. The molecule has 2 heterocycles. The molecule has 0 atom stereocenters. The Labute approximate surface area is 285 Å². The molecule has 0 saturated heterocycles. The largest absolute Gasteiger partial charge is 0.545 e. The lowest BCUT2D eigenvalue weighted by Gasteiger charge is -2.13. The molecule has 0 saturated carbocycles. The van der Waals surface area contributed by atoms with E-state index in [1.54, 1.807) is 0 Å². The Hall–Kier alpha value is -7.70. The number of H-pyrrole nitrogens is 2. The van der Waals surface area contributed by atoms with Gasteiger partial charge in [-0.1, -0.05) is 48.6 Å². The van der Waals surface area contributed by atoms with Gasteiger partial charge in [0.15, 0.2) is 24.8 Å². The second-order valence-electron chi connectivity index (χ2n) is 9.93. The van der Waals surface area contributed by atoms with Crippen LogP contribution in [0, 0.1) is 22.7 Å². The number of nitrogens with one attached hydrogen (secondary N) is 2. The summed E-state index contributed by atoms with van der Waals surface area (Å²) in [6, 6.07) is 28.0. The quantitative estimate of drug-likeness (QED) is 0.246. The average Bonchev–Trinajstić information content (AvgIpc) is 3.14. The van der Waals surface area contributed by atoms with E-state index in [9.17, 15) is 29.4 Å². The van der Waals surface area contributed by atoms with E-state index >= 15 is 0 Å². The van der Waals surface area contributed by atoms with Gasteiger partial charge in [-0.25, -0.2) is 19.6 Å². The van der Waals surface area contributed by atoms with Crippen LogP contribution in [-0.2, 0) is 0 Å². The van der Waals surface area contributed by atoms with Crippen LogP contribution in [0.15, 0.2) is 110 Å². The van der Waals surface area contributed by atoms with Crippen molar-refractivity contribution < 1.29 is 49.6 Å². The molecule has 5 aromatic rings. The van der Waals surface area contributed by atoms with Crippen LogP contribution in [0.5, 0.6) is 0 Å². The molecule has 246 valence electrons. The Balaban J connectivity index is 0.000000203. The van der Waals surface area contributed by atoms with E-state index in [0.29, 0.717) is 23.3 Å². The van der Waals surface area contributed by atoms with Gasteiger partial charge in [-0.05, 0) is 58.7 Å². The van der Waals surface area contributed by atoms with E-state index in [1.165, 1.54) is 0 Å². The summed E-state index contributed by atoms with van der Waals surface area (Å²) in [5, 5.41) is 56.0. The molecule has 12 nitrogen and oxygen atoms in total. The van der Waals surface area contributed by atoms with E-state index in [1.807, 2.05) is 122 Å². The maximum Gasteiger partial charge on any atom is 0.336 e. The standard InChI is InChI=1S/2C14H10N2.C10H6O8/c2*15-11-14-5-3-12(4-6-14)1-2-13-7-9-16-10-8-13;11-7(12)3-1-4(8(13)14)6(10(17)18)2-5(3)9(15)16/h2*1-10H;1-2H,(H,11,12)(H,13,14)(H,15,16)(H,17,18)/b2*2-1+;. The van der Waals surface area contributed by atoms with E-state index in [-0.39, 0.29) is 0 Å². The lowest BCUT2D eigenvalue weighted by atomic mass is 9.98. The summed E-state index contributed by atoms with van der Waals surface area (Å²) in [4.78, 5) is 48.7. The van der Waals surface area contributed by atoms with E-state index in [2.05, 4.69) is 22.1 Å². The summed E-state index contributed by atoms with van der Waals surface area (Å²) in [5.41, 5.74) is 2.20. The van der Waals surface area contributed by atoms with Crippen molar-refractivity contribution in [1.82, 2.24) is 0 Å². The fourth-order valence-electron chi connectivity index (χ4n) is 4.04. The first-order valence-corrected chi connectivity index (χ1v) is 14.4. The third-order valence-electron chi connectivity index (χ3n) is 6.56. The predicted molar refractivity (Wildman–Crippen MR) is 175 cm³/mol. The van der Waals surface area contributed by atoms with Gasteiger partial charge in [-0.2, -0.15) is 10.5 Å². The highest BCUT2D eigenvalue weighted by atomic mass is 16.4. The minimum Gasteiger partial charge on any atom is -0.545 e. The van der Waals surface area contributed by atoms with Crippen LogP contribution in [0.1, 0.15) is 74.8 Å². The molecule has 0 amide bonds. The van der Waals surface area contributed by atoms with Crippen molar-refractivity contribution in [3.63, 3.8) is 0 Å². The summed E-state index contributed by atoms with van der Waals surface area (Å²) >= 11 is 0. The lowest BCUT2D eigenvalue weighted by molar-refractivity contribution is -0.378. The van der Waals surface area contributed by atoms with Crippen molar-refractivity contribution in [3.8, 4) is 12.1 Å². The molecule has 50 heavy (non-hydrogen) atoms. The van der Waals surface area contributed by atoms with Crippen LogP contribution >= 0.6 is 0 Å². The smallest absolute Gasteiger partial charge is 0.336 e. The Morgan fingerprint density at radius 3 is 1.04 bits per heavy atom. The molecule has 0 bridgehead atoms. The zero-order valence-electron chi connectivity index (χ0n) is 25.9. The van der Waals surface area contributed by atoms with Gasteiger partial charge in [-0.15, -0.1) is 0 Å². The van der Waals surface area contributed by atoms with Crippen molar-refractivity contribution in [2.75, 3.05) is 0 Å². The maximum atomic E-state index is 10.7. The SMILES string of the molecule is N#Cc1ccc(/C=C/c2cc[nH+]cc2)cc1.N#Cc1ccc(/C=C/c2cc[nH+]cc2)cc1.O=C([O-])c1cc(C(=O)[O-])c(C(=O)O)cc1C(=O)O. The number of benzene rings is 3. The molecule has 4 N–H and O–H groups in total. The van der Waals surface area contributed by atoms with Crippen molar-refractivity contribution in [1.29, 1.82) is 10.5 Å². The molecule has 0 unspecified atom stereocenters. The number of carboxylic acid groups (broad SMARTS) is 4. The van der Waals surface area contributed by atoms with Gasteiger partial charge < -0.3 is 30.0 Å². The van der Waals surface area contributed by atoms with Crippen LogP contribution in [0.4, 0.5) is 0 Å². The molecular formula is C38H26N4O8. The third-order valence-corrected chi connectivity index (χ3v) is 6.56. The van der Waals surface area contributed by atoms with Gasteiger partial charge in [0.2, 0.25) is 0 Å². The first-order chi connectivity index (χ1) is 24.0. The van der Waals surface area contributed by atoms with Gasteiger partial charge >= 0.3 is 11.9 Å². The zero-order valence-corrected chi connectivity index (χ0v) is 25.9. The summed E-state index contributed by atoms with van der Waals surface area (Å²) in [6.45, 7) is 0. The van der Waals surface area contributed by atoms with E-state index in [4.69, 9.17) is 20.7 Å². The Bertz CT molecular complexity index is 1910. The topological polar surface area (TPSA) is 231 Å². The van der Waals surface area contributed by atoms with Crippen LogP contribution in [-0.4, -0.2) is 34.1 Å². The number of rotatable bonds is 8. The minimum absolute atomic E-state index is 0.386. The van der Waals surface area contributed by atoms with Crippen LogP contribution in [0.3, 0.4) is 0 Å². The third kappa shape index (κ3) is 11.3. The molecule has 0 fully saturated rings. The number of carbonyl (C=O) groups excluding carboxylic acids is 2. The van der Waals surface area contributed by atoms with Crippen LogP contribution in [0.2, 0.25) is 0 Å². The summed E-state index contributed by atoms with van der Waals surface area (Å²) < 4.78 is 0. The molecule has 2 aromatic heterocycles. The van der Waals surface area contributed by atoms with Crippen molar-refractivity contribution in [2.45, 2.75) is 0 Å². The minimum atomic E-state index is -1.94. The average molecular weight is 667 g/mol. The normalized spacial score (nSPS) is 10.0. The summed E-state index contributed by atoms with van der Waals surface area (Å²) in [5.74, 6) is -7.32. The molecule has 3 aromatic carbocycles. The Kier molecular flexibility index (Phi) is 13.6. The molecule has 0 radical (unpaired) electrons. The second-order valence-corrected chi connectivity index (χ2v) is 9.93. The fraction of sp³-hybridized carbons (Fsp3) is 0. The van der Waals surface area contributed by atoms with Gasteiger partial charge in [0.1, 0.15) is 0 Å². The number of carboxylic acids is 4. The lowest BCUT2D eigenvalue weighted by Crippen LogP contribution is -2.29. The molecule has 12 heteroatoms. The van der Waals surface area contributed by atoms with Gasteiger partial charge in [0.05, 0.1) is 46.3 Å². The molecule has 0 aliphatic heterocycles. The first-order valence-electron chi connectivity index (χ1n) is 14.4. The zero-order chi connectivity index (χ0) is 36.5. The van der Waals surface area contributed by atoms with Crippen LogP contribution < -0.4 is 20.2 Å². The summed E-state index contributed by atoms with van der Waals surface area (Å²) in [6.07, 6.45) is 15.7. The molecular weight excluding hydrogens is 640 g/mol. The van der Waals surface area contributed by atoms with Crippen molar-refractivity contribution in [2.24, 2.45) is 0 Å². The number of carbonyl (C=O) groups is 4. The number of nitriles is 2. The maximum absolute atomic E-state index is 10.7. The molecule has 0 aliphatic carbocycles. The molecule has 0 aliphatic rings. The first kappa shape index (κ1) is 36.8. The number of pyridine rings is 2. The molecule has 0 spiro atoms. The van der Waals surface area contributed by atoms with Crippen molar-refractivity contribution >= 4 is 48.2 Å². The Morgan fingerprint density at radius 1 is 0.500 bits per heavy atom. The Morgan fingerprint density at radius 2 is 0.780 bits per heavy atom. The van der Waals surface area contributed by atoms with E-state index in [0.717, 1.165) is 22.3 Å². The number of aromatic carboxylic acids is 4. The monoisotopic (exact) mass is 666 g/mol. The second kappa shape index (κ2) is 18.4. The highest BCUT2D eigenvalue weighted by Gasteiger charge is 2.19. The number of nitrogens with zero attached hydrogens (tertiary/aromatic N) is 2. The highest BCUT2D eigenvalue weighted by molar-refractivity contribution is 6.08. The van der Waals surface area contributed by atoms with Gasteiger partial charge in [-0.3, -0.25) is 0 Å². The number of hydrogen-bond donors (Lipinski definition) is 2. The van der Waals surface area contributed by atoms with Crippen LogP contribution in [0.25, 0.3) is 24.3 Å². The van der Waals surface area contributed by atoms with Crippen molar-refractivity contribution in [3.05, 3.63) is 165 Å². The highest BCUT2D eigenvalue weighted by Crippen LogP contribution is 2.17. The van der Waals surface area contributed by atoms with Gasteiger partial charge in [0.25, 0.3) is 0 Å². The fourth-order valence-corrected chi connectivity index (χ4v) is 4.04. The van der Waals surface area contributed by atoms with Gasteiger partial charge in [0, 0.05) is 35.4 Å². The predicted octanol–water partition coefficient (Wildman–Crippen LogP) is 2.90. The summed E-state index contributed by atoms with van der Waals surface area (Å²) in [7, 11) is 0. The number of aromatic nitrogens is 2. The molecule has 5 rings (SSSR count). The number of aromatic amines is 2. The van der Waals surface area contributed by atoms with E-state index < -0.39 is 46.1 Å².